The number of ether oxygens (including phenoxy) is 1. The molecule has 10 heteroatoms. The van der Waals surface area contributed by atoms with E-state index in [4.69, 9.17) is 16.3 Å². The number of amides is 4. The number of nitrogens with one attached hydrogen (secondary N) is 2. The Morgan fingerprint density at radius 3 is 2.44 bits per heavy atom. The summed E-state index contributed by atoms with van der Waals surface area (Å²) in [5.41, 5.74) is 0.571. The van der Waals surface area contributed by atoms with Gasteiger partial charge in [-0.25, -0.2) is 9.18 Å². The zero-order valence-electron chi connectivity index (χ0n) is 18.5. The average Bonchev–Trinajstić information content (AvgIpc) is 2.85. The lowest BCUT2D eigenvalue weighted by Gasteiger charge is -2.40. The van der Waals surface area contributed by atoms with Crippen LogP contribution in [0.3, 0.4) is 0 Å². The van der Waals surface area contributed by atoms with Crippen LogP contribution >= 0.6 is 11.6 Å². The molecule has 2 aliphatic rings. The minimum Gasteiger partial charge on any atom is -0.370 e. The molecule has 0 saturated carbocycles. The van der Waals surface area contributed by atoms with Crippen molar-refractivity contribution in [1.29, 1.82) is 0 Å². The topological polar surface area (TPSA) is 91.0 Å². The molecule has 34 heavy (non-hydrogen) atoms. The van der Waals surface area contributed by atoms with Crippen molar-refractivity contribution in [2.75, 3.05) is 38.2 Å². The highest BCUT2D eigenvalue weighted by Crippen LogP contribution is 2.24. The van der Waals surface area contributed by atoms with Gasteiger partial charge in [0, 0.05) is 41.9 Å². The van der Waals surface area contributed by atoms with E-state index in [-0.39, 0.29) is 24.1 Å². The lowest BCUT2D eigenvalue weighted by molar-refractivity contribution is -0.147. The van der Waals surface area contributed by atoms with E-state index in [0.29, 0.717) is 49.8 Å². The molecule has 2 aromatic rings. The molecule has 0 aliphatic carbocycles. The Labute approximate surface area is 202 Å². The number of anilines is 1. The zero-order valence-corrected chi connectivity index (χ0v) is 19.3. The highest BCUT2D eigenvalue weighted by molar-refractivity contribution is 6.30. The van der Waals surface area contributed by atoms with Crippen LogP contribution in [-0.2, 0) is 14.3 Å². The predicted octanol–water partition coefficient (Wildman–Crippen LogP) is 3.19. The second-order valence-electron chi connectivity index (χ2n) is 8.26. The monoisotopic (exact) mass is 488 g/mol. The van der Waals surface area contributed by atoms with Gasteiger partial charge in [0.05, 0.1) is 6.61 Å². The van der Waals surface area contributed by atoms with E-state index < -0.39 is 23.8 Å². The van der Waals surface area contributed by atoms with Crippen molar-refractivity contribution < 1.29 is 23.5 Å². The third-order valence-electron chi connectivity index (χ3n) is 6.08. The molecule has 2 saturated heterocycles. The van der Waals surface area contributed by atoms with E-state index in [1.54, 1.807) is 35.2 Å². The molecule has 0 aromatic heterocycles. The highest BCUT2D eigenvalue weighted by Gasteiger charge is 2.35. The lowest BCUT2D eigenvalue weighted by Crippen LogP contribution is -2.54. The molecule has 2 N–H and O–H groups in total. The summed E-state index contributed by atoms with van der Waals surface area (Å²) in [6.45, 7) is 1.94. The molecular weight excluding hydrogens is 463 g/mol. The van der Waals surface area contributed by atoms with Crippen LogP contribution in [0.5, 0.6) is 0 Å². The molecule has 0 radical (unpaired) electrons. The lowest BCUT2D eigenvalue weighted by atomic mass is 9.99. The summed E-state index contributed by atoms with van der Waals surface area (Å²) in [6.07, 6.45) is 1.22. The Morgan fingerprint density at radius 1 is 1.06 bits per heavy atom. The molecule has 180 valence electrons. The predicted molar refractivity (Wildman–Crippen MR) is 125 cm³/mol. The third kappa shape index (κ3) is 5.66. The quantitative estimate of drug-likeness (QED) is 0.676. The number of rotatable bonds is 5. The summed E-state index contributed by atoms with van der Waals surface area (Å²) in [5.74, 6) is -1.02. The molecule has 0 spiro atoms. The van der Waals surface area contributed by atoms with Crippen LogP contribution in [0.15, 0.2) is 48.5 Å². The number of carbonyl (C=O) groups is 3. The van der Waals surface area contributed by atoms with Gasteiger partial charge in [0.25, 0.3) is 0 Å². The van der Waals surface area contributed by atoms with Crippen molar-refractivity contribution in [3.8, 4) is 0 Å². The molecule has 0 bridgehead atoms. The number of piperidine rings is 1. The molecule has 8 nitrogen and oxygen atoms in total. The summed E-state index contributed by atoms with van der Waals surface area (Å²) in [7, 11) is 0. The van der Waals surface area contributed by atoms with Crippen LogP contribution in [0.25, 0.3) is 0 Å². The van der Waals surface area contributed by atoms with Gasteiger partial charge in [0.15, 0.2) is 0 Å². The van der Waals surface area contributed by atoms with Crippen LogP contribution in [0.1, 0.15) is 24.4 Å². The summed E-state index contributed by atoms with van der Waals surface area (Å²) in [5, 5.41) is 5.79. The van der Waals surface area contributed by atoms with E-state index in [9.17, 15) is 18.8 Å². The summed E-state index contributed by atoms with van der Waals surface area (Å²) in [6, 6.07) is 10.6. The van der Waals surface area contributed by atoms with E-state index in [2.05, 4.69) is 10.6 Å². The van der Waals surface area contributed by atoms with E-state index in [0.717, 1.165) is 0 Å². The maximum absolute atomic E-state index is 14.6. The fraction of sp³-hybridized carbons (Fsp3) is 0.375. The first-order valence-corrected chi connectivity index (χ1v) is 11.5. The van der Waals surface area contributed by atoms with E-state index >= 15 is 0 Å². The molecule has 2 aromatic carbocycles. The SMILES string of the molecule is O=C(Nc1ccc(Cl)cc1)NC(C(=O)N1CCC(N2CCOCC2=O)CC1)c1ccccc1F. The molecule has 4 rings (SSSR count). The van der Waals surface area contributed by atoms with Crippen molar-refractivity contribution in [1.82, 2.24) is 15.1 Å². The maximum atomic E-state index is 14.6. The highest BCUT2D eigenvalue weighted by atomic mass is 35.5. The minimum absolute atomic E-state index is 0.0357. The van der Waals surface area contributed by atoms with Crippen molar-refractivity contribution in [2.45, 2.75) is 24.9 Å². The Balaban J connectivity index is 1.45. The third-order valence-corrected chi connectivity index (χ3v) is 6.33. The summed E-state index contributed by atoms with van der Waals surface area (Å²) in [4.78, 5) is 41.7. The fourth-order valence-corrected chi connectivity index (χ4v) is 4.44. The molecular formula is C24H26ClFN4O4. The Bertz CT molecular complexity index is 1040. The second kappa shape index (κ2) is 10.8. The summed E-state index contributed by atoms with van der Waals surface area (Å²) >= 11 is 5.88. The first-order valence-electron chi connectivity index (χ1n) is 11.2. The standard InChI is InChI=1S/C24H26ClFN4O4/c25-16-5-7-17(8-6-16)27-24(33)28-22(19-3-1-2-4-20(19)26)23(32)29-11-9-18(10-12-29)30-13-14-34-15-21(30)31/h1-8,18,22H,9-15H2,(H2,27,28,33). The number of hydrogen-bond donors (Lipinski definition) is 2. The smallest absolute Gasteiger partial charge is 0.320 e. The first kappa shape index (κ1) is 24.0. The Morgan fingerprint density at radius 2 is 1.76 bits per heavy atom. The number of morpholine rings is 1. The normalized spacial score (nSPS) is 17.9. The zero-order chi connectivity index (χ0) is 24.1. The van der Waals surface area contributed by atoms with Gasteiger partial charge < -0.3 is 25.2 Å². The maximum Gasteiger partial charge on any atom is 0.320 e. The number of hydrogen-bond acceptors (Lipinski definition) is 4. The van der Waals surface area contributed by atoms with Gasteiger partial charge in [-0.1, -0.05) is 29.8 Å². The van der Waals surface area contributed by atoms with Crippen molar-refractivity contribution in [3.05, 3.63) is 64.9 Å². The van der Waals surface area contributed by atoms with Gasteiger partial charge >= 0.3 is 6.03 Å². The van der Waals surface area contributed by atoms with Crippen LogP contribution < -0.4 is 10.6 Å². The van der Waals surface area contributed by atoms with E-state index in [1.807, 2.05) is 4.90 Å². The molecule has 1 unspecified atom stereocenters. The number of carbonyl (C=O) groups excluding carboxylic acids is 3. The molecule has 2 aliphatic heterocycles. The van der Waals surface area contributed by atoms with Gasteiger partial charge in [-0.2, -0.15) is 0 Å². The molecule has 1 atom stereocenters. The van der Waals surface area contributed by atoms with Crippen LogP contribution in [0.2, 0.25) is 5.02 Å². The van der Waals surface area contributed by atoms with Gasteiger partial charge in [-0.3, -0.25) is 9.59 Å². The fourth-order valence-electron chi connectivity index (χ4n) is 4.31. The van der Waals surface area contributed by atoms with Gasteiger partial charge in [-0.15, -0.1) is 0 Å². The number of halogens is 2. The Hall–Kier alpha value is -3.17. The Kier molecular flexibility index (Phi) is 7.64. The second-order valence-corrected chi connectivity index (χ2v) is 8.69. The van der Waals surface area contributed by atoms with Gasteiger partial charge in [0.1, 0.15) is 18.5 Å². The number of benzene rings is 2. The van der Waals surface area contributed by atoms with Crippen LogP contribution in [0.4, 0.5) is 14.9 Å². The molecule has 2 fully saturated rings. The van der Waals surface area contributed by atoms with Crippen LogP contribution in [0, 0.1) is 5.82 Å². The molecule has 2 heterocycles. The number of nitrogens with zero attached hydrogens (tertiary/aromatic N) is 2. The van der Waals surface area contributed by atoms with Crippen molar-refractivity contribution in [2.24, 2.45) is 0 Å². The molecule has 4 amide bonds. The van der Waals surface area contributed by atoms with Crippen LogP contribution in [-0.4, -0.2) is 66.5 Å². The van der Waals surface area contributed by atoms with Crippen molar-refractivity contribution in [3.63, 3.8) is 0 Å². The van der Waals surface area contributed by atoms with E-state index in [1.165, 1.54) is 18.2 Å². The summed E-state index contributed by atoms with van der Waals surface area (Å²) < 4.78 is 19.8. The number of urea groups is 1. The average molecular weight is 489 g/mol. The minimum atomic E-state index is -1.20. The van der Waals surface area contributed by atoms with Gasteiger partial charge in [-0.05, 0) is 43.2 Å². The first-order chi connectivity index (χ1) is 16.4. The van der Waals surface area contributed by atoms with Crippen molar-refractivity contribution >= 4 is 35.1 Å². The largest absolute Gasteiger partial charge is 0.370 e. The number of likely N-dealkylation sites (tertiary alicyclic amines) is 1. The van der Waals surface area contributed by atoms with Gasteiger partial charge in [0.2, 0.25) is 11.8 Å².